The number of hydrogen-bond acceptors (Lipinski definition) is 3. The lowest BCUT2D eigenvalue weighted by atomic mass is 9.85. The lowest BCUT2D eigenvalue weighted by Crippen LogP contribution is -2.49. The molecule has 114 valence electrons. The summed E-state index contributed by atoms with van der Waals surface area (Å²) in [7, 11) is 0. The van der Waals surface area contributed by atoms with Crippen LogP contribution in [0.4, 0.5) is 4.79 Å². The van der Waals surface area contributed by atoms with E-state index in [1.165, 1.54) is 11.1 Å². The van der Waals surface area contributed by atoms with E-state index in [9.17, 15) is 4.79 Å². The predicted octanol–water partition coefficient (Wildman–Crippen LogP) is 3.44. The summed E-state index contributed by atoms with van der Waals surface area (Å²) < 4.78 is 11.6. The first kappa shape index (κ1) is 14.4. The Morgan fingerprint density at radius 3 is 2.86 bits per heavy atom. The zero-order chi connectivity index (χ0) is 15.1. The Morgan fingerprint density at radius 2 is 2.10 bits per heavy atom. The van der Waals surface area contributed by atoms with Crippen LogP contribution in [0.3, 0.4) is 0 Å². The second kappa shape index (κ2) is 5.02. The van der Waals surface area contributed by atoms with Crippen molar-refractivity contribution in [2.75, 3.05) is 13.1 Å². The highest BCUT2D eigenvalue weighted by Crippen LogP contribution is 2.42. The van der Waals surface area contributed by atoms with E-state index in [-0.39, 0.29) is 11.7 Å². The molecule has 1 fully saturated rings. The summed E-state index contributed by atoms with van der Waals surface area (Å²) in [5.41, 5.74) is 1.67. The number of nitrogens with zero attached hydrogens (tertiary/aromatic N) is 1. The van der Waals surface area contributed by atoms with Crippen molar-refractivity contribution in [3.63, 3.8) is 0 Å². The fourth-order valence-corrected chi connectivity index (χ4v) is 3.23. The maximum Gasteiger partial charge on any atom is 0.410 e. The monoisotopic (exact) mass is 289 g/mol. The van der Waals surface area contributed by atoms with E-state index in [1.807, 2.05) is 32.9 Å². The average Bonchev–Trinajstić information content (AvgIpc) is 2.76. The van der Waals surface area contributed by atoms with Crippen molar-refractivity contribution in [1.29, 1.82) is 0 Å². The third-order valence-corrected chi connectivity index (χ3v) is 4.12. The average molecular weight is 289 g/mol. The normalized spacial score (nSPS) is 25.0. The van der Waals surface area contributed by atoms with E-state index in [4.69, 9.17) is 9.47 Å². The number of rotatable bonds is 0. The Morgan fingerprint density at radius 1 is 1.33 bits per heavy atom. The molecule has 2 heterocycles. The first-order valence-electron chi connectivity index (χ1n) is 7.60. The van der Waals surface area contributed by atoms with Gasteiger partial charge in [-0.15, -0.1) is 0 Å². The summed E-state index contributed by atoms with van der Waals surface area (Å²) in [4.78, 5) is 14.1. The van der Waals surface area contributed by atoms with E-state index in [0.717, 1.165) is 19.4 Å². The van der Waals surface area contributed by atoms with Gasteiger partial charge in [0.2, 0.25) is 0 Å². The Balaban J connectivity index is 1.80. The van der Waals surface area contributed by atoms with E-state index in [1.54, 1.807) is 4.90 Å². The topological polar surface area (TPSA) is 38.8 Å². The minimum absolute atomic E-state index is 0.241. The summed E-state index contributed by atoms with van der Waals surface area (Å²) >= 11 is 0. The van der Waals surface area contributed by atoms with E-state index >= 15 is 0 Å². The molecule has 1 saturated heterocycles. The maximum absolute atomic E-state index is 12.3. The summed E-state index contributed by atoms with van der Waals surface area (Å²) in [6.07, 6.45) is 1.66. The van der Waals surface area contributed by atoms with Crippen molar-refractivity contribution in [2.45, 2.75) is 51.4 Å². The number of likely N-dealkylation sites (tertiary alicyclic amines) is 1. The molecular weight excluding hydrogens is 266 g/mol. The highest BCUT2D eigenvalue weighted by atomic mass is 16.6. The molecule has 0 aliphatic carbocycles. The van der Waals surface area contributed by atoms with Gasteiger partial charge in [-0.3, -0.25) is 0 Å². The van der Waals surface area contributed by atoms with E-state index in [2.05, 4.69) is 12.1 Å². The van der Waals surface area contributed by atoms with Gasteiger partial charge in [0.05, 0.1) is 13.2 Å². The number of piperidine rings is 1. The zero-order valence-corrected chi connectivity index (χ0v) is 13.0. The highest BCUT2D eigenvalue weighted by Gasteiger charge is 2.45. The van der Waals surface area contributed by atoms with Crippen LogP contribution >= 0.6 is 0 Å². The van der Waals surface area contributed by atoms with Crippen LogP contribution in [0.25, 0.3) is 0 Å². The smallest absolute Gasteiger partial charge is 0.410 e. The maximum atomic E-state index is 12.3. The molecule has 1 unspecified atom stereocenters. The molecule has 2 aliphatic rings. The fraction of sp³-hybridized carbons (Fsp3) is 0.588. The molecule has 1 spiro atoms. The summed E-state index contributed by atoms with van der Waals surface area (Å²) in [5.74, 6) is 0. The molecule has 4 heteroatoms. The van der Waals surface area contributed by atoms with Crippen molar-refractivity contribution in [3.05, 3.63) is 35.4 Å². The third kappa shape index (κ3) is 2.77. The molecule has 3 rings (SSSR count). The Hall–Kier alpha value is -1.55. The minimum atomic E-state index is -0.462. The lowest BCUT2D eigenvalue weighted by molar-refractivity contribution is -0.0868. The van der Waals surface area contributed by atoms with Gasteiger partial charge >= 0.3 is 6.09 Å². The quantitative estimate of drug-likeness (QED) is 0.734. The molecule has 0 radical (unpaired) electrons. The van der Waals surface area contributed by atoms with Crippen LogP contribution in [0.5, 0.6) is 0 Å². The summed E-state index contributed by atoms with van der Waals surface area (Å²) in [5, 5.41) is 0. The first-order chi connectivity index (χ1) is 9.90. The number of fused-ring (bicyclic) bond motifs is 2. The number of benzene rings is 1. The van der Waals surface area contributed by atoms with Gasteiger partial charge in [-0.1, -0.05) is 24.3 Å². The van der Waals surface area contributed by atoms with Gasteiger partial charge in [0, 0.05) is 6.54 Å². The van der Waals surface area contributed by atoms with Crippen LogP contribution < -0.4 is 0 Å². The van der Waals surface area contributed by atoms with E-state index in [0.29, 0.717) is 13.2 Å². The van der Waals surface area contributed by atoms with Crippen LogP contribution in [0.2, 0.25) is 0 Å². The lowest BCUT2D eigenvalue weighted by Gasteiger charge is -2.40. The largest absolute Gasteiger partial charge is 0.444 e. The summed E-state index contributed by atoms with van der Waals surface area (Å²) in [6, 6.07) is 8.31. The second-order valence-electron chi connectivity index (χ2n) is 6.95. The molecule has 0 bridgehead atoms. The number of amides is 1. The number of carbonyl (C=O) groups excluding carboxylic acids is 1. The second-order valence-corrected chi connectivity index (χ2v) is 6.95. The van der Waals surface area contributed by atoms with Crippen molar-refractivity contribution in [3.8, 4) is 0 Å². The van der Waals surface area contributed by atoms with Crippen LogP contribution in [-0.4, -0.2) is 29.7 Å². The minimum Gasteiger partial charge on any atom is -0.444 e. The zero-order valence-electron chi connectivity index (χ0n) is 13.0. The number of ether oxygens (including phenoxy) is 2. The van der Waals surface area contributed by atoms with Crippen LogP contribution in [0, 0.1) is 0 Å². The SMILES string of the molecule is CC(C)(C)OC(=O)N1CCCC2(C1)OCc1ccccc12. The molecule has 2 aliphatic heterocycles. The van der Waals surface area contributed by atoms with Crippen LogP contribution in [-0.2, 0) is 21.7 Å². The molecule has 0 saturated carbocycles. The molecule has 1 atom stereocenters. The van der Waals surface area contributed by atoms with Crippen molar-refractivity contribution < 1.29 is 14.3 Å². The van der Waals surface area contributed by atoms with Gasteiger partial charge in [0.1, 0.15) is 11.2 Å². The van der Waals surface area contributed by atoms with Crippen molar-refractivity contribution in [2.24, 2.45) is 0 Å². The van der Waals surface area contributed by atoms with E-state index < -0.39 is 5.60 Å². The highest BCUT2D eigenvalue weighted by molar-refractivity contribution is 5.68. The first-order valence-corrected chi connectivity index (χ1v) is 7.60. The van der Waals surface area contributed by atoms with Crippen LogP contribution in [0.15, 0.2) is 24.3 Å². The Kier molecular flexibility index (Phi) is 3.44. The third-order valence-electron chi connectivity index (χ3n) is 4.12. The molecule has 21 heavy (non-hydrogen) atoms. The molecule has 0 N–H and O–H groups in total. The fourth-order valence-electron chi connectivity index (χ4n) is 3.23. The molecule has 0 aromatic heterocycles. The van der Waals surface area contributed by atoms with Crippen molar-refractivity contribution in [1.82, 2.24) is 4.90 Å². The molecule has 1 amide bonds. The summed E-state index contributed by atoms with van der Waals surface area (Å²) in [6.45, 7) is 7.64. The van der Waals surface area contributed by atoms with Gasteiger partial charge < -0.3 is 14.4 Å². The molecular formula is C17H23NO3. The van der Waals surface area contributed by atoms with Gasteiger partial charge in [-0.25, -0.2) is 4.79 Å². The van der Waals surface area contributed by atoms with Crippen LogP contribution in [0.1, 0.15) is 44.7 Å². The van der Waals surface area contributed by atoms with Gasteiger partial charge in [0.15, 0.2) is 0 Å². The van der Waals surface area contributed by atoms with Crippen molar-refractivity contribution >= 4 is 6.09 Å². The number of carbonyl (C=O) groups is 1. The van der Waals surface area contributed by atoms with Gasteiger partial charge in [-0.05, 0) is 44.7 Å². The number of hydrogen-bond donors (Lipinski definition) is 0. The van der Waals surface area contributed by atoms with Gasteiger partial charge in [-0.2, -0.15) is 0 Å². The Bertz CT molecular complexity index is 545. The standard InChI is InChI=1S/C17H23NO3/c1-16(2,3)21-15(19)18-10-6-9-17(12-18)14-8-5-4-7-13(14)11-20-17/h4-5,7-8H,6,9-12H2,1-3H3. The van der Waals surface area contributed by atoms with Gasteiger partial charge in [0.25, 0.3) is 0 Å². The Labute approximate surface area is 126 Å². The molecule has 4 nitrogen and oxygen atoms in total. The predicted molar refractivity (Wildman–Crippen MR) is 80.0 cm³/mol. The molecule has 1 aromatic rings. The molecule has 1 aromatic carbocycles.